The fraction of sp³-hybridized carbons (Fsp3) is 0.217. The Morgan fingerprint density at radius 1 is 0.938 bits per heavy atom. The van der Waals surface area contributed by atoms with Crippen molar-refractivity contribution in [3.05, 3.63) is 59.2 Å². The number of methoxy groups -OCH3 is 2. The molecule has 3 aromatic rings. The molecule has 0 saturated heterocycles. The summed E-state index contributed by atoms with van der Waals surface area (Å²) >= 11 is 0. The van der Waals surface area contributed by atoms with Crippen LogP contribution in [0.25, 0.3) is 0 Å². The summed E-state index contributed by atoms with van der Waals surface area (Å²) in [6.07, 6.45) is 0. The first-order valence-electron chi connectivity index (χ1n) is 9.44. The van der Waals surface area contributed by atoms with Gasteiger partial charge in [0.1, 0.15) is 11.8 Å². The van der Waals surface area contributed by atoms with Gasteiger partial charge in [-0.1, -0.05) is 6.07 Å². The third kappa shape index (κ3) is 4.34. The maximum atomic E-state index is 14.9. The van der Waals surface area contributed by atoms with Gasteiger partial charge in [-0.05, 0) is 31.2 Å². The van der Waals surface area contributed by atoms with Crippen LogP contribution in [-0.2, 0) is 0 Å². The van der Waals surface area contributed by atoms with Gasteiger partial charge in [-0.25, -0.2) is 8.78 Å². The minimum absolute atomic E-state index is 0.0242. The van der Waals surface area contributed by atoms with Crippen LogP contribution in [0.4, 0.5) is 14.5 Å². The van der Waals surface area contributed by atoms with Crippen LogP contribution in [-0.4, -0.2) is 33.3 Å². The fourth-order valence-electron chi connectivity index (χ4n) is 2.87. The van der Waals surface area contributed by atoms with Crippen LogP contribution in [0.15, 0.2) is 36.4 Å². The molecule has 0 N–H and O–H groups in total. The zero-order valence-corrected chi connectivity index (χ0v) is 18.2. The molecule has 0 fully saturated rings. The normalized spacial score (nSPS) is 10.3. The van der Waals surface area contributed by atoms with E-state index in [0.29, 0.717) is 5.75 Å². The van der Waals surface area contributed by atoms with Crippen molar-refractivity contribution in [2.24, 2.45) is 0 Å². The number of hydrogen-bond acceptors (Lipinski definition) is 7. The van der Waals surface area contributed by atoms with Gasteiger partial charge < -0.3 is 23.8 Å². The second-order valence-corrected chi connectivity index (χ2v) is 6.86. The molecule has 0 amide bonds. The van der Waals surface area contributed by atoms with Gasteiger partial charge in [0.2, 0.25) is 5.75 Å². The lowest BCUT2D eigenvalue weighted by atomic mass is 10.2. The Morgan fingerprint density at radius 3 is 2.22 bits per heavy atom. The molecule has 0 aliphatic rings. The number of nitrogens with zero attached hydrogens (tertiary/aromatic N) is 3. The molecule has 0 aliphatic heterocycles. The van der Waals surface area contributed by atoms with Gasteiger partial charge in [-0.15, -0.1) is 0 Å². The molecule has 2 aromatic carbocycles. The summed E-state index contributed by atoms with van der Waals surface area (Å²) in [5.41, 5.74) is 0.614. The van der Waals surface area contributed by atoms with E-state index in [1.807, 2.05) is 31.1 Å². The maximum Gasteiger partial charge on any atom is 0.259 e. The van der Waals surface area contributed by atoms with E-state index in [9.17, 15) is 14.0 Å². The van der Waals surface area contributed by atoms with Gasteiger partial charge in [0.25, 0.3) is 11.8 Å². The molecule has 0 unspecified atom stereocenters. The molecular formula is C23H21F2N3O4. The summed E-state index contributed by atoms with van der Waals surface area (Å²) in [6.45, 7) is 1.24. The van der Waals surface area contributed by atoms with Crippen LogP contribution < -0.4 is 23.8 Å². The van der Waals surface area contributed by atoms with Gasteiger partial charge >= 0.3 is 0 Å². The van der Waals surface area contributed by atoms with Crippen molar-refractivity contribution in [2.75, 3.05) is 33.2 Å². The summed E-state index contributed by atoms with van der Waals surface area (Å²) in [5.74, 6) is -2.59. The summed E-state index contributed by atoms with van der Waals surface area (Å²) in [4.78, 5) is 5.75. The minimum Gasteiger partial charge on any atom is -0.493 e. The van der Waals surface area contributed by atoms with E-state index in [1.165, 1.54) is 33.3 Å². The van der Waals surface area contributed by atoms with Crippen LogP contribution in [0.1, 0.15) is 11.1 Å². The standard InChI is InChI=1S/C23H21F2N3O4/c1-13-18(24)22(31-16-8-6-7-15(11-16)28(2)3)27-23(19(13)25)32-21-17(29-4)10-9-14(12-26)20(21)30-5/h6-11H,1-5H3. The Labute approximate surface area is 184 Å². The van der Waals surface area contributed by atoms with Gasteiger partial charge in [-0.3, -0.25) is 0 Å². The van der Waals surface area contributed by atoms with Crippen LogP contribution in [0.5, 0.6) is 34.8 Å². The highest BCUT2D eigenvalue weighted by atomic mass is 19.1. The van der Waals surface area contributed by atoms with Crippen molar-refractivity contribution >= 4 is 5.69 Å². The molecule has 0 bridgehead atoms. The largest absolute Gasteiger partial charge is 0.493 e. The third-order valence-corrected chi connectivity index (χ3v) is 4.60. The first-order chi connectivity index (χ1) is 15.3. The lowest BCUT2D eigenvalue weighted by molar-refractivity contribution is 0.325. The average Bonchev–Trinajstić information content (AvgIpc) is 2.80. The zero-order valence-electron chi connectivity index (χ0n) is 18.2. The first kappa shape index (κ1) is 22.6. The van der Waals surface area contributed by atoms with Crippen molar-refractivity contribution in [1.29, 1.82) is 5.26 Å². The van der Waals surface area contributed by atoms with Crippen molar-refractivity contribution < 1.29 is 27.7 Å². The molecule has 0 aliphatic carbocycles. The number of aromatic nitrogens is 1. The Hall–Kier alpha value is -4.06. The number of rotatable bonds is 7. The van der Waals surface area contributed by atoms with Crippen molar-refractivity contribution in [3.63, 3.8) is 0 Å². The number of pyridine rings is 1. The molecule has 1 aromatic heterocycles. The van der Waals surface area contributed by atoms with Crippen LogP contribution in [0.2, 0.25) is 0 Å². The summed E-state index contributed by atoms with van der Waals surface area (Å²) in [5, 5.41) is 9.32. The average molecular weight is 441 g/mol. The van der Waals surface area contributed by atoms with Crippen LogP contribution in [0, 0.1) is 29.9 Å². The Bertz CT molecular complexity index is 1190. The molecule has 0 atom stereocenters. The molecule has 7 nitrogen and oxygen atoms in total. The molecule has 166 valence electrons. The van der Waals surface area contributed by atoms with Crippen molar-refractivity contribution in [1.82, 2.24) is 4.98 Å². The maximum absolute atomic E-state index is 14.9. The number of nitriles is 1. The molecular weight excluding hydrogens is 420 g/mol. The predicted octanol–water partition coefficient (Wildman–Crippen LogP) is 5.21. The van der Waals surface area contributed by atoms with E-state index < -0.39 is 23.4 Å². The molecule has 0 radical (unpaired) electrons. The van der Waals surface area contributed by atoms with Gasteiger partial charge in [-0.2, -0.15) is 10.2 Å². The Balaban J connectivity index is 2.08. The quantitative estimate of drug-likeness (QED) is 0.498. The van der Waals surface area contributed by atoms with E-state index in [2.05, 4.69) is 4.98 Å². The third-order valence-electron chi connectivity index (χ3n) is 4.60. The number of halogens is 2. The first-order valence-corrected chi connectivity index (χ1v) is 9.44. The summed E-state index contributed by atoms with van der Waals surface area (Å²) in [6, 6.07) is 11.8. The van der Waals surface area contributed by atoms with E-state index in [0.717, 1.165) is 5.69 Å². The fourth-order valence-corrected chi connectivity index (χ4v) is 2.87. The second-order valence-electron chi connectivity index (χ2n) is 6.86. The van der Waals surface area contributed by atoms with Gasteiger partial charge in [0.05, 0.1) is 19.8 Å². The van der Waals surface area contributed by atoms with Crippen LogP contribution >= 0.6 is 0 Å². The highest BCUT2D eigenvalue weighted by Crippen LogP contribution is 2.43. The SMILES string of the molecule is COc1ccc(C#N)c(OC)c1Oc1nc(Oc2cccc(N(C)C)c2)c(F)c(C)c1F. The molecule has 1 heterocycles. The monoisotopic (exact) mass is 441 g/mol. The highest BCUT2D eigenvalue weighted by molar-refractivity contribution is 5.60. The summed E-state index contributed by atoms with van der Waals surface area (Å²) < 4.78 is 51.3. The molecule has 32 heavy (non-hydrogen) atoms. The predicted molar refractivity (Wildman–Crippen MR) is 114 cm³/mol. The van der Waals surface area contributed by atoms with Gasteiger partial charge in [0, 0.05) is 31.4 Å². The zero-order chi connectivity index (χ0) is 23.4. The van der Waals surface area contributed by atoms with E-state index in [4.69, 9.17) is 18.9 Å². The molecule has 3 rings (SSSR count). The Kier molecular flexibility index (Phi) is 6.64. The van der Waals surface area contributed by atoms with Crippen molar-refractivity contribution in [2.45, 2.75) is 6.92 Å². The van der Waals surface area contributed by atoms with E-state index >= 15 is 0 Å². The molecule has 0 saturated carbocycles. The number of anilines is 1. The number of hydrogen-bond donors (Lipinski definition) is 0. The number of benzene rings is 2. The van der Waals surface area contributed by atoms with E-state index in [1.54, 1.807) is 18.2 Å². The number of ether oxygens (including phenoxy) is 4. The van der Waals surface area contributed by atoms with Crippen LogP contribution in [0.3, 0.4) is 0 Å². The molecule has 0 spiro atoms. The van der Waals surface area contributed by atoms with Crippen molar-refractivity contribution in [3.8, 4) is 40.8 Å². The smallest absolute Gasteiger partial charge is 0.259 e. The second kappa shape index (κ2) is 9.39. The Morgan fingerprint density at radius 2 is 1.62 bits per heavy atom. The molecule has 9 heteroatoms. The lowest BCUT2D eigenvalue weighted by Crippen LogP contribution is -2.08. The lowest BCUT2D eigenvalue weighted by Gasteiger charge is -2.17. The topological polar surface area (TPSA) is 76.8 Å². The summed E-state index contributed by atoms with van der Waals surface area (Å²) in [7, 11) is 6.40. The van der Waals surface area contributed by atoms with E-state index in [-0.39, 0.29) is 28.4 Å². The van der Waals surface area contributed by atoms with Gasteiger partial charge in [0.15, 0.2) is 23.1 Å². The minimum atomic E-state index is -1.02. The highest BCUT2D eigenvalue weighted by Gasteiger charge is 2.24.